The molecule has 5 nitrogen and oxygen atoms in total. The number of benzene rings is 1. The molecule has 1 aliphatic rings. The Morgan fingerprint density at radius 2 is 1.94 bits per heavy atom. The van der Waals surface area contributed by atoms with E-state index < -0.39 is 0 Å². The minimum atomic E-state index is -0.0566. The van der Waals surface area contributed by atoms with Gasteiger partial charge in [-0.1, -0.05) is 0 Å². The average Bonchev–Trinajstić information content (AvgIpc) is 2.63. The molecule has 1 aromatic carbocycles. The molecule has 0 aromatic heterocycles. The zero-order valence-corrected chi connectivity index (χ0v) is 8.97. The van der Waals surface area contributed by atoms with Crippen molar-refractivity contribution < 1.29 is 9.90 Å². The van der Waals surface area contributed by atoms with E-state index in [1.54, 1.807) is 21.9 Å². The van der Waals surface area contributed by atoms with Gasteiger partial charge in [-0.25, -0.2) is 4.79 Å². The molecule has 5 heteroatoms. The van der Waals surface area contributed by atoms with Crippen LogP contribution in [0.4, 0.5) is 16.2 Å². The number of rotatable bonds is 3. The number of aliphatic hydroxyl groups is 1. The standard InChI is InChI=1S/C11H15N3O2/c12-9-1-3-10(4-2-9)14-6-5-13(7-8-15)11(14)16/h1-4,15H,5-8,12H2. The third kappa shape index (κ3) is 1.94. The van der Waals surface area contributed by atoms with Gasteiger partial charge >= 0.3 is 6.03 Å². The smallest absolute Gasteiger partial charge is 0.324 e. The van der Waals surface area contributed by atoms with Crippen molar-refractivity contribution in [2.45, 2.75) is 0 Å². The number of carbonyl (C=O) groups is 1. The van der Waals surface area contributed by atoms with Gasteiger partial charge in [-0.3, -0.25) is 4.90 Å². The molecule has 1 fully saturated rings. The molecule has 0 atom stereocenters. The summed E-state index contributed by atoms with van der Waals surface area (Å²) in [5, 5.41) is 8.81. The van der Waals surface area contributed by atoms with E-state index in [0.29, 0.717) is 25.3 Å². The Balaban J connectivity index is 2.12. The molecule has 0 saturated carbocycles. The lowest BCUT2D eigenvalue weighted by molar-refractivity contribution is 0.199. The zero-order chi connectivity index (χ0) is 11.5. The van der Waals surface area contributed by atoms with Crippen LogP contribution in [-0.4, -0.2) is 42.3 Å². The van der Waals surface area contributed by atoms with Crippen molar-refractivity contribution in [2.75, 3.05) is 36.9 Å². The number of urea groups is 1. The quantitative estimate of drug-likeness (QED) is 0.730. The fourth-order valence-corrected chi connectivity index (χ4v) is 1.80. The lowest BCUT2D eigenvalue weighted by Crippen LogP contribution is -2.33. The largest absolute Gasteiger partial charge is 0.399 e. The number of hydrogen-bond donors (Lipinski definition) is 2. The number of amides is 2. The maximum absolute atomic E-state index is 11.9. The van der Waals surface area contributed by atoms with Gasteiger partial charge < -0.3 is 15.7 Å². The second-order valence-electron chi connectivity index (χ2n) is 3.74. The molecule has 1 aromatic rings. The summed E-state index contributed by atoms with van der Waals surface area (Å²) in [7, 11) is 0. The summed E-state index contributed by atoms with van der Waals surface area (Å²) in [6.45, 7) is 1.71. The summed E-state index contributed by atoms with van der Waals surface area (Å²) in [6, 6.07) is 7.15. The molecule has 1 heterocycles. The molecule has 3 N–H and O–H groups in total. The van der Waals surface area contributed by atoms with E-state index in [0.717, 1.165) is 5.69 Å². The molecule has 0 aliphatic carbocycles. The highest BCUT2D eigenvalue weighted by Gasteiger charge is 2.28. The molecule has 16 heavy (non-hydrogen) atoms. The van der Waals surface area contributed by atoms with Gasteiger partial charge in [0.15, 0.2) is 0 Å². The first-order valence-corrected chi connectivity index (χ1v) is 5.25. The number of nitrogens with two attached hydrogens (primary N) is 1. The summed E-state index contributed by atoms with van der Waals surface area (Å²) < 4.78 is 0. The van der Waals surface area contributed by atoms with E-state index in [4.69, 9.17) is 10.8 Å². The predicted octanol–water partition coefficient (Wildman–Crippen LogP) is 0.503. The molecule has 0 unspecified atom stereocenters. The van der Waals surface area contributed by atoms with Crippen LogP contribution in [0.3, 0.4) is 0 Å². The van der Waals surface area contributed by atoms with Crippen molar-refractivity contribution in [1.82, 2.24) is 4.90 Å². The Bertz CT molecular complexity index is 377. The molecule has 2 amide bonds. The first-order chi connectivity index (χ1) is 7.72. The van der Waals surface area contributed by atoms with Crippen LogP contribution >= 0.6 is 0 Å². The number of nitrogens with zero attached hydrogens (tertiary/aromatic N) is 2. The lowest BCUT2D eigenvalue weighted by Gasteiger charge is -2.17. The number of anilines is 2. The molecule has 1 aliphatic heterocycles. The number of β-amino-alcohol motifs (C(OH)–C–C–N with tert-alkyl or cyclic N) is 1. The Labute approximate surface area is 94.1 Å². The Kier molecular flexibility index (Phi) is 2.96. The van der Waals surface area contributed by atoms with Crippen molar-refractivity contribution in [3.8, 4) is 0 Å². The van der Waals surface area contributed by atoms with E-state index in [9.17, 15) is 4.79 Å². The van der Waals surface area contributed by atoms with Gasteiger partial charge in [0.1, 0.15) is 0 Å². The van der Waals surface area contributed by atoms with Gasteiger partial charge in [-0.2, -0.15) is 0 Å². The van der Waals surface area contributed by atoms with Crippen molar-refractivity contribution in [2.24, 2.45) is 0 Å². The van der Waals surface area contributed by atoms with Crippen molar-refractivity contribution in [3.05, 3.63) is 24.3 Å². The van der Waals surface area contributed by atoms with Crippen LogP contribution in [0.5, 0.6) is 0 Å². The lowest BCUT2D eigenvalue weighted by atomic mass is 10.2. The van der Waals surface area contributed by atoms with Gasteiger partial charge in [0, 0.05) is 31.0 Å². The van der Waals surface area contributed by atoms with Crippen LogP contribution in [0.25, 0.3) is 0 Å². The SMILES string of the molecule is Nc1ccc(N2CCN(CCO)C2=O)cc1. The van der Waals surface area contributed by atoms with E-state index in [2.05, 4.69) is 0 Å². The van der Waals surface area contributed by atoms with Gasteiger partial charge in [-0.15, -0.1) is 0 Å². The van der Waals surface area contributed by atoms with E-state index in [1.165, 1.54) is 0 Å². The highest BCUT2D eigenvalue weighted by atomic mass is 16.3. The minimum Gasteiger partial charge on any atom is -0.399 e. The summed E-state index contributed by atoms with van der Waals surface area (Å²) in [6.07, 6.45) is 0. The average molecular weight is 221 g/mol. The van der Waals surface area contributed by atoms with Crippen LogP contribution in [0, 0.1) is 0 Å². The van der Waals surface area contributed by atoms with E-state index >= 15 is 0 Å². The normalized spacial score (nSPS) is 15.9. The maximum Gasteiger partial charge on any atom is 0.324 e. The fraction of sp³-hybridized carbons (Fsp3) is 0.364. The molecule has 0 spiro atoms. The summed E-state index contributed by atoms with van der Waals surface area (Å²) in [5.74, 6) is 0. The minimum absolute atomic E-state index is 0.00131. The Hall–Kier alpha value is -1.75. The third-order valence-corrected chi connectivity index (χ3v) is 2.67. The first-order valence-electron chi connectivity index (χ1n) is 5.25. The molecular formula is C11H15N3O2. The van der Waals surface area contributed by atoms with Crippen LogP contribution in [0.15, 0.2) is 24.3 Å². The van der Waals surface area contributed by atoms with Crippen LogP contribution in [-0.2, 0) is 0 Å². The van der Waals surface area contributed by atoms with Gasteiger partial charge in [0.2, 0.25) is 0 Å². The Morgan fingerprint density at radius 1 is 1.25 bits per heavy atom. The summed E-state index contributed by atoms with van der Waals surface area (Å²) in [5.41, 5.74) is 7.12. The predicted molar refractivity (Wildman–Crippen MR) is 62.3 cm³/mol. The molecule has 0 radical (unpaired) electrons. The number of carbonyl (C=O) groups excluding carboxylic acids is 1. The topological polar surface area (TPSA) is 69.8 Å². The molecule has 86 valence electrons. The second kappa shape index (κ2) is 4.40. The number of aliphatic hydroxyl groups excluding tert-OH is 1. The number of nitrogen functional groups attached to an aromatic ring is 1. The zero-order valence-electron chi connectivity index (χ0n) is 8.97. The monoisotopic (exact) mass is 221 g/mol. The second-order valence-corrected chi connectivity index (χ2v) is 3.74. The van der Waals surface area contributed by atoms with Gasteiger partial charge in [0.25, 0.3) is 0 Å². The van der Waals surface area contributed by atoms with Crippen LogP contribution in [0.2, 0.25) is 0 Å². The van der Waals surface area contributed by atoms with E-state index in [1.807, 2.05) is 12.1 Å². The van der Waals surface area contributed by atoms with Crippen LogP contribution < -0.4 is 10.6 Å². The maximum atomic E-state index is 11.9. The van der Waals surface area contributed by atoms with Gasteiger partial charge in [-0.05, 0) is 24.3 Å². The molecular weight excluding hydrogens is 206 g/mol. The summed E-state index contributed by atoms with van der Waals surface area (Å²) >= 11 is 0. The highest BCUT2D eigenvalue weighted by Crippen LogP contribution is 2.21. The molecule has 1 saturated heterocycles. The van der Waals surface area contributed by atoms with Crippen molar-refractivity contribution in [3.63, 3.8) is 0 Å². The molecule has 2 rings (SSSR count). The fourth-order valence-electron chi connectivity index (χ4n) is 1.80. The highest BCUT2D eigenvalue weighted by molar-refractivity contribution is 5.94. The summed E-state index contributed by atoms with van der Waals surface area (Å²) in [4.78, 5) is 15.2. The van der Waals surface area contributed by atoms with Crippen LogP contribution in [0.1, 0.15) is 0 Å². The Morgan fingerprint density at radius 3 is 2.56 bits per heavy atom. The van der Waals surface area contributed by atoms with Crippen molar-refractivity contribution in [1.29, 1.82) is 0 Å². The third-order valence-electron chi connectivity index (χ3n) is 2.67. The van der Waals surface area contributed by atoms with Crippen molar-refractivity contribution >= 4 is 17.4 Å². The van der Waals surface area contributed by atoms with E-state index in [-0.39, 0.29) is 12.6 Å². The first kappa shape index (κ1) is 10.8. The molecule has 0 bridgehead atoms. The van der Waals surface area contributed by atoms with Gasteiger partial charge in [0.05, 0.1) is 6.61 Å². The number of hydrogen-bond acceptors (Lipinski definition) is 3.